The third-order valence-corrected chi connectivity index (χ3v) is 5.88. The summed E-state index contributed by atoms with van der Waals surface area (Å²) < 4.78 is 36.4. The first kappa shape index (κ1) is 16.0. The summed E-state index contributed by atoms with van der Waals surface area (Å²) in [5, 5.41) is 0. The Balaban J connectivity index is 1.96. The van der Waals surface area contributed by atoms with Gasteiger partial charge in [0.05, 0.1) is 11.7 Å². The van der Waals surface area contributed by atoms with E-state index in [1.807, 2.05) is 39.0 Å². The van der Waals surface area contributed by atoms with Gasteiger partial charge >= 0.3 is 0 Å². The van der Waals surface area contributed by atoms with E-state index >= 15 is 0 Å². The fourth-order valence-corrected chi connectivity index (χ4v) is 4.66. The number of benzene rings is 2. The Morgan fingerprint density at radius 1 is 1.13 bits per heavy atom. The molecule has 2 aromatic carbocycles. The quantitative estimate of drug-likeness (QED) is 0.785. The predicted octanol–water partition coefficient (Wildman–Crippen LogP) is 3.35. The highest BCUT2D eigenvalue weighted by molar-refractivity contribution is 7.89. The summed E-state index contributed by atoms with van der Waals surface area (Å²) in [5.74, 6) is 0. The van der Waals surface area contributed by atoms with Gasteiger partial charge in [-0.05, 0) is 44.0 Å². The third-order valence-electron chi connectivity index (χ3n) is 3.76. The van der Waals surface area contributed by atoms with Gasteiger partial charge in [0.2, 0.25) is 10.0 Å². The van der Waals surface area contributed by atoms with Crippen molar-refractivity contribution in [2.75, 3.05) is 0 Å². The second-order valence-corrected chi connectivity index (χ2v) is 7.80. The molecule has 1 heterocycles. The second kappa shape index (κ2) is 5.99. The Hall–Kier alpha value is -1.83. The molecule has 0 saturated heterocycles. The van der Waals surface area contributed by atoms with Gasteiger partial charge in [-0.15, -0.1) is 0 Å². The number of nitrogens with one attached hydrogen (secondary N) is 1. The van der Waals surface area contributed by atoms with Gasteiger partial charge in [0.25, 0.3) is 0 Å². The van der Waals surface area contributed by atoms with Crippen molar-refractivity contribution in [1.29, 1.82) is 0 Å². The van der Waals surface area contributed by atoms with Gasteiger partial charge in [-0.2, -0.15) is 8.75 Å². The molecule has 7 heteroatoms. The molecule has 1 N–H and O–H groups in total. The first-order chi connectivity index (χ1) is 10.9. The van der Waals surface area contributed by atoms with Crippen LogP contribution in [0.3, 0.4) is 0 Å². The molecule has 0 saturated carbocycles. The SMILES string of the molecule is Cc1ccc(C(C)NS(=O)(=O)c2cccc3nsnc23)c(C)c1. The summed E-state index contributed by atoms with van der Waals surface area (Å²) in [6.07, 6.45) is 0. The largest absolute Gasteiger partial charge is 0.243 e. The number of aryl methyl sites for hydroxylation is 2. The molecule has 3 aromatic rings. The van der Waals surface area contributed by atoms with Crippen molar-refractivity contribution in [2.24, 2.45) is 0 Å². The van der Waals surface area contributed by atoms with Crippen LogP contribution >= 0.6 is 11.7 Å². The van der Waals surface area contributed by atoms with E-state index in [9.17, 15) is 8.42 Å². The maximum atomic E-state index is 12.7. The molecule has 0 spiro atoms. The molecule has 3 rings (SSSR count). The molecule has 0 bridgehead atoms. The Morgan fingerprint density at radius 2 is 1.91 bits per heavy atom. The van der Waals surface area contributed by atoms with Crippen LogP contribution in [0.25, 0.3) is 11.0 Å². The summed E-state index contributed by atoms with van der Waals surface area (Å²) >= 11 is 1.01. The molecule has 0 amide bonds. The van der Waals surface area contributed by atoms with Gasteiger partial charge in [0.15, 0.2) is 0 Å². The first-order valence-electron chi connectivity index (χ1n) is 7.19. The molecule has 1 atom stereocenters. The Labute approximate surface area is 139 Å². The normalized spacial score (nSPS) is 13.3. The summed E-state index contributed by atoms with van der Waals surface area (Å²) in [6.45, 7) is 5.84. The maximum absolute atomic E-state index is 12.7. The smallest absolute Gasteiger partial charge is 0.207 e. The molecule has 0 aliphatic heterocycles. The van der Waals surface area contributed by atoms with E-state index in [1.165, 1.54) is 0 Å². The number of hydrogen-bond acceptors (Lipinski definition) is 5. The summed E-state index contributed by atoms with van der Waals surface area (Å²) in [6, 6.07) is 10.7. The molecular weight excluding hydrogens is 330 g/mol. The third kappa shape index (κ3) is 3.12. The number of aromatic nitrogens is 2. The lowest BCUT2D eigenvalue weighted by molar-refractivity contribution is 0.567. The van der Waals surface area contributed by atoms with E-state index in [4.69, 9.17) is 0 Å². The number of nitrogens with zero attached hydrogens (tertiary/aromatic N) is 2. The minimum atomic E-state index is -3.68. The fraction of sp³-hybridized carbons (Fsp3) is 0.250. The minimum Gasteiger partial charge on any atom is -0.207 e. The van der Waals surface area contributed by atoms with Crippen LogP contribution in [0, 0.1) is 13.8 Å². The molecule has 0 aliphatic carbocycles. The Kier molecular flexibility index (Phi) is 4.18. The van der Waals surface area contributed by atoms with Crippen LogP contribution < -0.4 is 4.72 Å². The summed E-state index contributed by atoms with van der Waals surface area (Å²) in [7, 11) is -3.68. The highest BCUT2D eigenvalue weighted by atomic mass is 32.2. The van der Waals surface area contributed by atoms with Crippen molar-refractivity contribution in [1.82, 2.24) is 13.5 Å². The lowest BCUT2D eigenvalue weighted by atomic mass is 10.0. The summed E-state index contributed by atoms with van der Waals surface area (Å²) in [5.41, 5.74) is 4.19. The van der Waals surface area contributed by atoms with Crippen LogP contribution in [-0.4, -0.2) is 17.2 Å². The number of fused-ring (bicyclic) bond motifs is 1. The van der Waals surface area contributed by atoms with Crippen molar-refractivity contribution in [3.63, 3.8) is 0 Å². The number of hydrogen-bond donors (Lipinski definition) is 1. The van der Waals surface area contributed by atoms with Gasteiger partial charge in [-0.3, -0.25) is 0 Å². The molecular formula is C16H17N3O2S2. The van der Waals surface area contributed by atoms with Crippen molar-refractivity contribution in [3.05, 3.63) is 53.1 Å². The predicted molar refractivity (Wildman–Crippen MR) is 92.1 cm³/mol. The molecule has 23 heavy (non-hydrogen) atoms. The average molecular weight is 347 g/mol. The van der Waals surface area contributed by atoms with Crippen LogP contribution in [0.5, 0.6) is 0 Å². The molecule has 1 aromatic heterocycles. The fourth-order valence-electron chi connectivity index (χ4n) is 2.67. The van der Waals surface area contributed by atoms with Crippen LogP contribution in [-0.2, 0) is 10.0 Å². The van der Waals surface area contributed by atoms with Crippen LogP contribution in [0.4, 0.5) is 0 Å². The van der Waals surface area contributed by atoms with Crippen LogP contribution in [0.1, 0.15) is 29.7 Å². The molecule has 0 aliphatic rings. The van der Waals surface area contributed by atoms with E-state index in [0.29, 0.717) is 11.0 Å². The highest BCUT2D eigenvalue weighted by Gasteiger charge is 2.23. The molecule has 0 fully saturated rings. The van der Waals surface area contributed by atoms with Gasteiger partial charge in [0.1, 0.15) is 15.9 Å². The van der Waals surface area contributed by atoms with E-state index in [0.717, 1.165) is 28.4 Å². The maximum Gasteiger partial charge on any atom is 0.243 e. The standard InChI is InChI=1S/C16H17N3O2S2/c1-10-7-8-13(11(2)9-10)12(3)19-23(20,21)15-6-4-5-14-16(15)18-22-17-14/h4-9,12,19H,1-3H3. The monoisotopic (exact) mass is 347 g/mol. The average Bonchev–Trinajstić information content (AvgIpc) is 2.94. The van der Waals surface area contributed by atoms with Crippen molar-refractivity contribution in [2.45, 2.75) is 31.7 Å². The zero-order valence-corrected chi connectivity index (χ0v) is 14.7. The Morgan fingerprint density at radius 3 is 2.65 bits per heavy atom. The molecule has 1 unspecified atom stereocenters. The Bertz CT molecular complexity index is 964. The van der Waals surface area contributed by atoms with Gasteiger partial charge in [-0.1, -0.05) is 29.8 Å². The second-order valence-electron chi connectivity index (χ2n) is 5.59. The van der Waals surface area contributed by atoms with E-state index in [-0.39, 0.29) is 10.9 Å². The van der Waals surface area contributed by atoms with Crippen LogP contribution in [0.15, 0.2) is 41.3 Å². The van der Waals surface area contributed by atoms with E-state index < -0.39 is 10.0 Å². The zero-order chi connectivity index (χ0) is 16.6. The lowest BCUT2D eigenvalue weighted by Gasteiger charge is -2.17. The van der Waals surface area contributed by atoms with E-state index in [1.54, 1.807) is 18.2 Å². The minimum absolute atomic E-state index is 0.167. The van der Waals surface area contributed by atoms with Crippen molar-refractivity contribution in [3.8, 4) is 0 Å². The van der Waals surface area contributed by atoms with E-state index in [2.05, 4.69) is 13.5 Å². The topological polar surface area (TPSA) is 72.0 Å². The number of sulfonamides is 1. The number of rotatable bonds is 4. The first-order valence-corrected chi connectivity index (χ1v) is 9.40. The molecule has 0 radical (unpaired) electrons. The zero-order valence-electron chi connectivity index (χ0n) is 13.1. The van der Waals surface area contributed by atoms with Crippen molar-refractivity contribution < 1.29 is 8.42 Å². The van der Waals surface area contributed by atoms with Gasteiger partial charge in [0, 0.05) is 6.04 Å². The lowest BCUT2D eigenvalue weighted by Crippen LogP contribution is -2.27. The van der Waals surface area contributed by atoms with Gasteiger partial charge < -0.3 is 0 Å². The van der Waals surface area contributed by atoms with Crippen LogP contribution in [0.2, 0.25) is 0 Å². The molecule has 120 valence electrons. The van der Waals surface area contributed by atoms with Crippen molar-refractivity contribution >= 4 is 32.8 Å². The highest BCUT2D eigenvalue weighted by Crippen LogP contribution is 2.24. The summed E-state index contributed by atoms with van der Waals surface area (Å²) in [4.78, 5) is 0.167. The molecule has 5 nitrogen and oxygen atoms in total. The van der Waals surface area contributed by atoms with Gasteiger partial charge in [-0.25, -0.2) is 13.1 Å².